The van der Waals surface area contributed by atoms with Crippen molar-refractivity contribution in [3.05, 3.63) is 11.1 Å². The topological polar surface area (TPSA) is 52.8 Å². The number of hydrogen-bond acceptors (Lipinski definition) is 4. The number of hydrogen-bond donors (Lipinski definition) is 2. The standard InChI is InChI=1S/C6H11NO2S2/c1-6(9,4-8)5-3-7-11(2)10-5/h3,8-9H,4H2,1-2H3/t6-,11?/m0/s1. The van der Waals surface area contributed by atoms with Crippen molar-refractivity contribution in [2.24, 2.45) is 4.36 Å². The van der Waals surface area contributed by atoms with Crippen LogP contribution in [0.25, 0.3) is 0 Å². The molecule has 1 unspecified atom stereocenters. The summed E-state index contributed by atoms with van der Waals surface area (Å²) in [5.74, 6) is 0. The maximum Gasteiger partial charge on any atom is 0.118 e. The summed E-state index contributed by atoms with van der Waals surface area (Å²) in [6, 6.07) is 0. The van der Waals surface area contributed by atoms with Crippen molar-refractivity contribution in [1.29, 1.82) is 0 Å². The molecule has 3 nitrogen and oxygen atoms in total. The maximum absolute atomic E-state index is 9.55. The third kappa shape index (κ3) is 2.05. The number of rotatable bonds is 2. The van der Waals surface area contributed by atoms with E-state index in [0.29, 0.717) is 0 Å². The highest BCUT2D eigenvalue weighted by Crippen LogP contribution is 2.34. The van der Waals surface area contributed by atoms with Crippen LogP contribution in [0.3, 0.4) is 0 Å². The summed E-state index contributed by atoms with van der Waals surface area (Å²) in [5.41, 5.74) is -1.11. The highest BCUT2D eigenvalue weighted by atomic mass is 33.1. The average Bonchev–Trinajstić information content (AvgIpc) is 2.36. The Balaban J connectivity index is 2.67. The van der Waals surface area contributed by atoms with Gasteiger partial charge in [-0.1, -0.05) is 0 Å². The molecule has 1 rings (SSSR count). The quantitative estimate of drug-likeness (QED) is 0.634. The highest BCUT2D eigenvalue weighted by Gasteiger charge is 2.27. The van der Waals surface area contributed by atoms with Crippen LogP contribution in [0.5, 0.6) is 0 Å². The zero-order chi connectivity index (χ0) is 8.48. The lowest BCUT2D eigenvalue weighted by molar-refractivity contribution is 0.0404. The molecule has 0 aliphatic carbocycles. The molecule has 0 saturated heterocycles. The van der Waals surface area contributed by atoms with Crippen molar-refractivity contribution in [3.8, 4) is 0 Å². The molecule has 0 amide bonds. The molecule has 2 atom stereocenters. The van der Waals surface area contributed by atoms with Gasteiger partial charge in [0.05, 0.1) is 6.61 Å². The molecule has 0 saturated carbocycles. The fourth-order valence-electron chi connectivity index (χ4n) is 0.602. The lowest BCUT2D eigenvalue weighted by Gasteiger charge is -2.20. The number of aliphatic hydroxyl groups is 2. The van der Waals surface area contributed by atoms with Crippen LogP contribution in [0.1, 0.15) is 6.92 Å². The molecule has 0 spiro atoms. The van der Waals surface area contributed by atoms with Crippen molar-refractivity contribution in [2.75, 3.05) is 12.9 Å². The van der Waals surface area contributed by atoms with Gasteiger partial charge in [0.1, 0.15) is 5.60 Å². The first-order valence-electron chi connectivity index (χ1n) is 3.15. The van der Waals surface area contributed by atoms with E-state index in [1.54, 1.807) is 13.1 Å². The molecule has 0 aromatic carbocycles. The van der Waals surface area contributed by atoms with Crippen LogP contribution >= 0.6 is 10.8 Å². The van der Waals surface area contributed by atoms with E-state index in [1.807, 2.05) is 6.26 Å². The van der Waals surface area contributed by atoms with Gasteiger partial charge in [0, 0.05) is 17.4 Å². The minimum atomic E-state index is -1.11. The fourth-order valence-corrected chi connectivity index (χ4v) is 3.27. The van der Waals surface area contributed by atoms with Crippen LogP contribution in [0, 0.1) is 0 Å². The normalized spacial score (nSPS) is 29.1. The largest absolute Gasteiger partial charge is 0.393 e. The highest BCUT2D eigenvalue weighted by molar-refractivity contribution is 8.71. The predicted molar refractivity (Wildman–Crippen MR) is 49.1 cm³/mol. The second kappa shape index (κ2) is 3.26. The van der Waals surface area contributed by atoms with Gasteiger partial charge in [-0.25, -0.2) is 4.36 Å². The molecule has 5 heteroatoms. The van der Waals surface area contributed by atoms with E-state index in [9.17, 15) is 5.11 Å². The first-order chi connectivity index (χ1) is 5.06. The second-order valence-electron chi connectivity index (χ2n) is 2.54. The van der Waals surface area contributed by atoms with Crippen LogP contribution in [-0.4, -0.2) is 28.7 Å². The van der Waals surface area contributed by atoms with Gasteiger partial charge >= 0.3 is 0 Å². The Hall–Kier alpha value is 0.160. The van der Waals surface area contributed by atoms with E-state index in [2.05, 4.69) is 4.36 Å². The lowest BCUT2D eigenvalue weighted by atomic mass is 10.1. The Kier molecular flexibility index (Phi) is 2.74. The van der Waals surface area contributed by atoms with Crippen LogP contribution < -0.4 is 0 Å². The van der Waals surface area contributed by atoms with E-state index in [-0.39, 0.29) is 16.3 Å². The first kappa shape index (κ1) is 9.25. The summed E-state index contributed by atoms with van der Waals surface area (Å²) in [7, 11) is 1.44. The lowest BCUT2D eigenvalue weighted by Crippen LogP contribution is -2.29. The van der Waals surface area contributed by atoms with Gasteiger partial charge in [0.15, 0.2) is 0 Å². The summed E-state index contributed by atoms with van der Waals surface area (Å²) in [6.45, 7) is 1.34. The Morgan fingerprint density at radius 3 is 2.82 bits per heavy atom. The van der Waals surface area contributed by atoms with Crippen molar-refractivity contribution in [1.82, 2.24) is 0 Å². The SMILES string of the molecule is CS1=NC=C([C@@](C)(O)CO)S1. The summed E-state index contributed by atoms with van der Waals surface area (Å²) >= 11 is 0. The van der Waals surface area contributed by atoms with Crippen molar-refractivity contribution in [2.45, 2.75) is 12.5 Å². The van der Waals surface area contributed by atoms with Crippen LogP contribution in [0.2, 0.25) is 0 Å². The van der Waals surface area contributed by atoms with Gasteiger partial charge in [0.2, 0.25) is 0 Å². The molecule has 64 valence electrons. The van der Waals surface area contributed by atoms with E-state index in [4.69, 9.17) is 5.11 Å². The molecule has 0 bridgehead atoms. The summed E-state index contributed by atoms with van der Waals surface area (Å²) in [5, 5.41) is 18.3. The van der Waals surface area contributed by atoms with E-state index in [0.717, 1.165) is 4.91 Å². The molecule has 2 N–H and O–H groups in total. The van der Waals surface area contributed by atoms with Gasteiger partial charge < -0.3 is 10.2 Å². The minimum absolute atomic E-state index is 0.0730. The second-order valence-corrected chi connectivity index (χ2v) is 6.15. The molecule has 0 aromatic heterocycles. The van der Waals surface area contributed by atoms with Crippen molar-refractivity contribution < 1.29 is 10.2 Å². The molecular weight excluding hydrogens is 182 g/mol. The molecule has 0 fully saturated rings. The molecule has 1 aliphatic heterocycles. The Morgan fingerprint density at radius 2 is 2.45 bits per heavy atom. The average molecular weight is 193 g/mol. The molecular formula is C6H11NO2S2. The van der Waals surface area contributed by atoms with E-state index < -0.39 is 5.60 Å². The van der Waals surface area contributed by atoms with Crippen molar-refractivity contribution in [3.63, 3.8) is 0 Å². The van der Waals surface area contributed by atoms with E-state index in [1.165, 1.54) is 10.8 Å². The van der Waals surface area contributed by atoms with Crippen LogP contribution in [-0.2, 0) is 9.72 Å². The third-order valence-corrected chi connectivity index (χ3v) is 4.26. The zero-order valence-corrected chi connectivity index (χ0v) is 8.08. The number of nitrogens with zero attached hydrogens (tertiary/aromatic N) is 1. The van der Waals surface area contributed by atoms with Crippen LogP contribution in [0.15, 0.2) is 15.5 Å². The molecule has 0 aromatic rings. The number of aliphatic hydroxyl groups excluding tert-OH is 1. The molecule has 1 heterocycles. The summed E-state index contributed by atoms with van der Waals surface area (Å²) in [6.07, 6.45) is 3.62. The Morgan fingerprint density at radius 1 is 1.82 bits per heavy atom. The maximum atomic E-state index is 9.55. The molecule has 11 heavy (non-hydrogen) atoms. The summed E-state index contributed by atoms with van der Waals surface area (Å²) in [4.78, 5) is 0.755. The van der Waals surface area contributed by atoms with Gasteiger partial charge in [-0.15, -0.1) is 0 Å². The summed E-state index contributed by atoms with van der Waals surface area (Å²) < 4.78 is 4.09. The zero-order valence-electron chi connectivity index (χ0n) is 6.44. The van der Waals surface area contributed by atoms with Crippen molar-refractivity contribution >= 4 is 20.5 Å². The Labute approximate surface area is 72.0 Å². The molecule has 0 radical (unpaired) electrons. The predicted octanol–water partition coefficient (Wildman–Crippen LogP) is 0.665. The minimum Gasteiger partial charge on any atom is -0.393 e. The van der Waals surface area contributed by atoms with Gasteiger partial charge in [-0.2, -0.15) is 0 Å². The van der Waals surface area contributed by atoms with Gasteiger partial charge in [-0.3, -0.25) is 0 Å². The monoisotopic (exact) mass is 193 g/mol. The third-order valence-electron chi connectivity index (χ3n) is 1.37. The van der Waals surface area contributed by atoms with Gasteiger partial charge in [-0.05, 0) is 27.4 Å². The smallest absolute Gasteiger partial charge is 0.118 e. The van der Waals surface area contributed by atoms with Gasteiger partial charge in [0.25, 0.3) is 0 Å². The first-order valence-corrected chi connectivity index (χ1v) is 6.08. The van der Waals surface area contributed by atoms with Crippen LogP contribution in [0.4, 0.5) is 0 Å². The molecule has 1 aliphatic rings. The Bertz CT molecular complexity index is 223. The van der Waals surface area contributed by atoms with E-state index >= 15 is 0 Å². The fraction of sp³-hybridized carbons (Fsp3) is 0.667.